The van der Waals surface area contributed by atoms with Gasteiger partial charge in [0.05, 0.1) is 17.4 Å². The van der Waals surface area contributed by atoms with Crippen molar-refractivity contribution >= 4 is 15.9 Å². The van der Waals surface area contributed by atoms with E-state index in [4.69, 9.17) is 9.47 Å². The van der Waals surface area contributed by atoms with Gasteiger partial charge in [0.15, 0.2) is 11.5 Å². The lowest BCUT2D eigenvalue weighted by Crippen LogP contribution is -2.16. The monoisotopic (exact) mass is 461 g/mol. The quantitative estimate of drug-likeness (QED) is 0.410. The topological polar surface area (TPSA) is 48.3 Å². The zero-order valence-electron chi connectivity index (χ0n) is 16.4. The number of benzene rings is 2. The molecule has 0 bridgehead atoms. The van der Waals surface area contributed by atoms with Gasteiger partial charge in [-0.25, -0.2) is 9.37 Å². The highest BCUT2D eigenvalue weighted by molar-refractivity contribution is 9.10. The Balaban J connectivity index is 1.57. The predicted octanol–water partition coefficient (Wildman–Crippen LogP) is 4.94. The van der Waals surface area contributed by atoms with E-state index in [1.165, 1.54) is 12.1 Å². The summed E-state index contributed by atoms with van der Waals surface area (Å²) in [5.41, 5.74) is 2.00. The van der Waals surface area contributed by atoms with E-state index >= 15 is 0 Å². The van der Waals surface area contributed by atoms with E-state index in [-0.39, 0.29) is 5.82 Å². The molecule has 0 saturated heterocycles. The zero-order valence-corrected chi connectivity index (χ0v) is 18.0. The molecule has 0 fully saturated rings. The Morgan fingerprint density at radius 3 is 2.69 bits per heavy atom. The van der Waals surface area contributed by atoms with Crippen LogP contribution in [-0.4, -0.2) is 22.7 Å². The number of nitrogens with zero attached hydrogens (tertiary/aromatic N) is 2. The molecule has 154 valence electrons. The third-order valence-corrected chi connectivity index (χ3v) is 4.91. The normalized spacial score (nSPS) is 10.9. The summed E-state index contributed by atoms with van der Waals surface area (Å²) in [6.45, 7) is 5.41. The number of hydrogen-bond donors (Lipinski definition) is 1. The van der Waals surface area contributed by atoms with Crippen LogP contribution in [0.15, 0.2) is 59.6 Å². The van der Waals surface area contributed by atoms with Gasteiger partial charge in [-0.15, -0.1) is 0 Å². The molecule has 1 N–H and O–H groups in total. The fourth-order valence-corrected chi connectivity index (χ4v) is 3.50. The van der Waals surface area contributed by atoms with Crippen LogP contribution in [0.1, 0.15) is 24.5 Å². The Bertz CT molecular complexity index is 886. The van der Waals surface area contributed by atoms with Crippen LogP contribution in [0.5, 0.6) is 11.5 Å². The lowest BCUT2D eigenvalue weighted by molar-refractivity contribution is 0.267. The summed E-state index contributed by atoms with van der Waals surface area (Å²) in [6, 6.07) is 10.3. The molecule has 0 atom stereocenters. The minimum absolute atomic E-state index is 0.258. The third-order valence-electron chi connectivity index (χ3n) is 4.32. The summed E-state index contributed by atoms with van der Waals surface area (Å²) in [7, 11) is 0. The molecule has 0 radical (unpaired) electrons. The van der Waals surface area contributed by atoms with Crippen LogP contribution >= 0.6 is 15.9 Å². The van der Waals surface area contributed by atoms with Crippen molar-refractivity contribution in [1.82, 2.24) is 14.9 Å². The summed E-state index contributed by atoms with van der Waals surface area (Å²) in [5, 5.41) is 3.46. The molecule has 29 heavy (non-hydrogen) atoms. The Morgan fingerprint density at radius 1 is 1.14 bits per heavy atom. The number of halogens is 2. The Labute approximate surface area is 179 Å². The van der Waals surface area contributed by atoms with E-state index in [2.05, 4.69) is 30.8 Å². The molecular formula is C22H25BrFN3O2. The molecule has 0 spiro atoms. The second kappa shape index (κ2) is 11.0. The first-order chi connectivity index (χ1) is 14.2. The number of nitrogens with one attached hydrogen (secondary N) is 1. The first-order valence-corrected chi connectivity index (χ1v) is 10.4. The summed E-state index contributed by atoms with van der Waals surface area (Å²) >= 11 is 3.60. The highest BCUT2D eigenvalue weighted by Gasteiger charge is 2.13. The van der Waals surface area contributed by atoms with Gasteiger partial charge < -0.3 is 19.4 Å². The summed E-state index contributed by atoms with van der Waals surface area (Å²) < 4.78 is 27.7. The molecule has 1 aromatic heterocycles. The molecule has 5 nitrogen and oxygen atoms in total. The number of hydrogen-bond acceptors (Lipinski definition) is 4. The van der Waals surface area contributed by atoms with Gasteiger partial charge in [0.25, 0.3) is 0 Å². The first-order valence-electron chi connectivity index (χ1n) is 9.64. The molecule has 0 unspecified atom stereocenters. The maximum absolute atomic E-state index is 13.1. The Hall–Kier alpha value is -2.38. The van der Waals surface area contributed by atoms with E-state index in [9.17, 15) is 4.39 Å². The molecule has 3 aromatic rings. The molecule has 2 aromatic carbocycles. The summed E-state index contributed by atoms with van der Waals surface area (Å²) in [4.78, 5) is 4.05. The van der Waals surface area contributed by atoms with Crippen LogP contribution in [0.2, 0.25) is 0 Å². The Kier molecular flexibility index (Phi) is 8.07. The Morgan fingerprint density at radius 2 is 1.97 bits per heavy atom. The largest absolute Gasteiger partial charge is 0.490 e. The van der Waals surface area contributed by atoms with E-state index in [1.54, 1.807) is 18.3 Å². The number of aryl methyl sites for hydroxylation is 1. The van der Waals surface area contributed by atoms with Crippen LogP contribution in [0, 0.1) is 5.82 Å². The highest BCUT2D eigenvalue weighted by atomic mass is 79.9. The number of rotatable bonds is 11. The van der Waals surface area contributed by atoms with E-state index in [1.807, 2.05) is 31.6 Å². The number of imidazole rings is 1. The van der Waals surface area contributed by atoms with Crippen LogP contribution < -0.4 is 14.8 Å². The van der Waals surface area contributed by atoms with Crippen molar-refractivity contribution < 1.29 is 13.9 Å². The standard InChI is InChI=1S/C22H25BrFN3O2/c1-2-28-21-13-18(14-25-8-3-10-27-11-9-26-16-27)12-20(23)22(21)29-15-17-4-6-19(24)7-5-17/h4-7,9,11-13,16,25H,2-3,8,10,14-15H2,1H3. The SMILES string of the molecule is CCOc1cc(CNCCCn2ccnc2)cc(Br)c1OCc1ccc(F)cc1. The molecule has 0 amide bonds. The molecule has 0 aliphatic rings. The number of aromatic nitrogens is 2. The second-order valence-electron chi connectivity index (χ2n) is 6.58. The van der Waals surface area contributed by atoms with E-state index < -0.39 is 0 Å². The molecule has 0 saturated carbocycles. The first kappa shape index (κ1) is 21.3. The van der Waals surface area contributed by atoms with Crippen LogP contribution in [0.3, 0.4) is 0 Å². The van der Waals surface area contributed by atoms with Crippen molar-refractivity contribution in [2.75, 3.05) is 13.2 Å². The minimum atomic E-state index is -0.258. The average Bonchev–Trinajstić information content (AvgIpc) is 3.22. The van der Waals surface area contributed by atoms with Gasteiger partial charge in [0, 0.05) is 25.5 Å². The molecule has 7 heteroatoms. The van der Waals surface area contributed by atoms with Gasteiger partial charge in [0.1, 0.15) is 12.4 Å². The predicted molar refractivity (Wildman–Crippen MR) is 115 cm³/mol. The van der Waals surface area contributed by atoms with Crippen molar-refractivity contribution in [1.29, 1.82) is 0 Å². The summed E-state index contributed by atoms with van der Waals surface area (Å²) in [6.07, 6.45) is 6.61. The molecular weight excluding hydrogens is 437 g/mol. The summed E-state index contributed by atoms with van der Waals surface area (Å²) in [5.74, 6) is 1.09. The van der Waals surface area contributed by atoms with Crippen molar-refractivity contribution in [2.45, 2.75) is 33.0 Å². The van der Waals surface area contributed by atoms with Crippen molar-refractivity contribution in [3.8, 4) is 11.5 Å². The van der Waals surface area contributed by atoms with Gasteiger partial charge in [-0.05, 0) is 71.2 Å². The maximum atomic E-state index is 13.1. The molecule has 3 rings (SSSR count). The van der Waals surface area contributed by atoms with E-state index in [0.29, 0.717) is 24.7 Å². The van der Waals surface area contributed by atoms with Gasteiger partial charge in [-0.2, -0.15) is 0 Å². The third kappa shape index (κ3) is 6.58. The maximum Gasteiger partial charge on any atom is 0.175 e. The van der Waals surface area contributed by atoms with Crippen LogP contribution in [0.4, 0.5) is 4.39 Å². The van der Waals surface area contributed by atoms with Gasteiger partial charge in [-0.3, -0.25) is 0 Å². The molecule has 1 heterocycles. The van der Waals surface area contributed by atoms with E-state index in [0.717, 1.165) is 41.7 Å². The highest BCUT2D eigenvalue weighted by Crippen LogP contribution is 2.37. The van der Waals surface area contributed by atoms with Crippen LogP contribution in [0.25, 0.3) is 0 Å². The number of ether oxygens (including phenoxy) is 2. The van der Waals surface area contributed by atoms with Gasteiger partial charge in [-0.1, -0.05) is 12.1 Å². The second-order valence-corrected chi connectivity index (χ2v) is 7.44. The van der Waals surface area contributed by atoms with Crippen molar-refractivity contribution in [3.63, 3.8) is 0 Å². The zero-order chi connectivity index (χ0) is 20.5. The van der Waals surface area contributed by atoms with Gasteiger partial charge >= 0.3 is 0 Å². The fourth-order valence-electron chi connectivity index (χ4n) is 2.90. The lowest BCUT2D eigenvalue weighted by atomic mass is 10.2. The van der Waals surface area contributed by atoms with Crippen molar-refractivity contribution in [2.24, 2.45) is 0 Å². The molecule has 0 aliphatic carbocycles. The smallest absolute Gasteiger partial charge is 0.175 e. The lowest BCUT2D eigenvalue weighted by Gasteiger charge is -2.16. The molecule has 0 aliphatic heterocycles. The van der Waals surface area contributed by atoms with Crippen LogP contribution in [-0.2, 0) is 19.7 Å². The fraction of sp³-hybridized carbons (Fsp3) is 0.318. The minimum Gasteiger partial charge on any atom is -0.490 e. The van der Waals surface area contributed by atoms with Gasteiger partial charge in [0.2, 0.25) is 0 Å². The average molecular weight is 462 g/mol. The van der Waals surface area contributed by atoms with Crippen molar-refractivity contribution in [3.05, 3.63) is 76.5 Å².